The Kier molecular flexibility index (Phi) is 6.12. The third-order valence-corrected chi connectivity index (χ3v) is 3.48. The first kappa shape index (κ1) is 15.0. The first-order chi connectivity index (χ1) is 8.56. The van der Waals surface area contributed by atoms with Crippen LogP contribution in [0.3, 0.4) is 0 Å². The normalized spacial score (nSPS) is 24.8. The van der Waals surface area contributed by atoms with Gasteiger partial charge in [0.05, 0.1) is 17.9 Å². The first-order valence-corrected chi connectivity index (χ1v) is 6.68. The molecule has 1 saturated heterocycles. The molecule has 0 spiro atoms. The summed E-state index contributed by atoms with van der Waals surface area (Å²) < 4.78 is 5.47. The fraction of sp³-hybridized carbons (Fsp3) is 0.846. The number of nitrogens with one attached hydrogen (secondary N) is 1. The monoisotopic (exact) mass is 257 g/mol. The van der Waals surface area contributed by atoms with E-state index in [1.807, 2.05) is 6.92 Å². The smallest absolute Gasteiger partial charge is 0.306 e. The molecule has 0 radical (unpaired) electrons. The average Bonchev–Trinajstić information content (AvgIpc) is 2.82. The van der Waals surface area contributed by atoms with E-state index < -0.39 is 5.97 Å². The van der Waals surface area contributed by atoms with Crippen molar-refractivity contribution >= 4 is 11.9 Å². The fourth-order valence-corrected chi connectivity index (χ4v) is 2.23. The minimum absolute atomic E-state index is 0.0353. The molecule has 0 aliphatic carbocycles. The highest BCUT2D eigenvalue weighted by atomic mass is 16.5. The Labute approximate surface area is 108 Å². The minimum atomic E-state index is -0.781. The third-order valence-electron chi connectivity index (χ3n) is 3.48. The van der Waals surface area contributed by atoms with Gasteiger partial charge >= 0.3 is 5.97 Å². The Morgan fingerprint density at radius 1 is 1.50 bits per heavy atom. The molecular formula is C13H23NO4. The predicted octanol–water partition coefficient (Wildman–Crippen LogP) is 1.42. The van der Waals surface area contributed by atoms with Crippen LogP contribution in [0, 0.1) is 11.8 Å². The summed E-state index contributed by atoms with van der Waals surface area (Å²) in [5.41, 5.74) is 0. The highest BCUT2D eigenvalue weighted by Crippen LogP contribution is 2.23. The lowest BCUT2D eigenvalue weighted by Gasteiger charge is -2.16. The summed E-state index contributed by atoms with van der Waals surface area (Å²) in [6, 6.07) is 0. The van der Waals surface area contributed by atoms with E-state index in [0.717, 1.165) is 12.8 Å². The standard InChI is InChI=1S/C13H23NO4/c1-3-11-10(6-8-18-11)12(15)14-7-4-5-9(2)13(16)17/h9-11H,3-8H2,1-2H3,(H,14,15)(H,16,17). The van der Waals surface area contributed by atoms with Gasteiger partial charge in [0, 0.05) is 13.2 Å². The SMILES string of the molecule is CCC1OCCC1C(=O)NCCCC(C)C(=O)O. The van der Waals surface area contributed by atoms with Crippen molar-refractivity contribution in [3.05, 3.63) is 0 Å². The number of carbonyl (C=O) groups excluding carboxylic acids is 1. The second kappa shape index (κ2) is 7.36. The molecule has 1 aliphatic rings. The Morgan fingerprint density at radius 2 is 2.22 bits per heavy atom. The van der Waals surface area contributed by atoms with Gasteiger partial charge in [-0.2, -0.15) is 0 Å². The lowest BCUT2D eigenvalue weighted by molar-refractivity contribution is -0.141. The number of rotatable bonds is 7. The topological polar surface area (TPSA) is 75.6 Å². The molecule has 104 valence electrons. The lowest BCUT2D eigenvalue weighted by Crippen LogP contribution is -2.35. The van der Waals surface area contributed by atoms with Crippen LogP contribution in [0.1, 0.15) is 39.5 Å². The van der Waals surface area contributed by atoms with Gasteiger partial charge in [-0.25, -0.2) is 0 Å². The summed E-state index contributed by atoms with van der Waals surface area (Å²) in [5.74, 6) is -1.12. The van der Waals surface area contributed by atoms with Crippen LogP contribution in [0.2, 0.25) is 0 Å². The van der Waals surface area contributed by atoms with Crippen LogP contribution in [-0.4, -0.2) is 36.2 Å². The maximum atomic E-state index is 11.9. The van der Waals surface area contributed by atoms with E-state index in [0.29, 0.717) is 26.0 Å². The van der Waals surface area contributed by atoms with Crippen LogP contribution in [0.4, 0.5) is 0 Å². The van der Waals surface area contributed by atoms with Crippen LogP contribution in [0.25, 0.3) is 0 Å². The Balaban J connectivity index is 2.19. The molecule has 1 fully saturated rings. The van der Waals surface area contributed by atoms with Crippen molar-refractivity contribution in [2.24, 2.45) is 11.8 Å². The zero-order valence-corrected chi connectivity index (χ0v) is 11.1. The summed E-state index contributed by atoms with van der Waals surface area (Å²) in [7, 11) is 0. The Hall–Kier alpha value is -1.10. The highest BCUT2D eigenvalue weighted by Gasteiger charge is 2.32. The number of amides is 1. The summed E-state index contributed by atoms with van der Waals surface area (Å²) in [6.45, 7) is 4.91. The van der Waals surface area contributed by atoms with Crippen LogP contribution in [0.5, 0.6) is 0 Å². The van der Waals surface area contributed by atoms with Gasteiger partial charge in [-0.3, -0.25) is 9.59 Å². The van der Waals surface area contributed by atoms with Gasteiger partial charge in [0.1, 0.15) is 0 Å². The highest BCUT2D eigenvalue weighted by molar-refractivity contribution is 5.79. The van der Waals surface area contributed by atoms with Crippen LogP contribution in [0.15, 0.2) is 0 Å². The summed E-state index contributed by atoms with van der Waals surface area (Å²) in [4.78, 5) is 22.5. The number of aliphatic carboxylic acids is 1. The van der Waals surface area contributed by atoms with Crippen molar-refractivity contribution in [3.63, 3.8) is 0 Å². The maximum absolute atomic E-state index is 11.9. The number of carboxylic acids is 1. The van der Waals surface area contributed by atoms with Crippen LogP contribution >= 0.6 is 0 Å². The molecule has 1 heterocycles. The van der Waals surface area contributed by atoms with Gasteiger partial charge in [-0.1, -0.05) is 13.8 Å². The van der Waals surface area contributed by atoms with Gasteiger partial charge in [0.2, 0.25) is 5.91 Å². The molecule has 0 aromatic rings. The second-order valence-corrected chi connectivity index (χ2v) is 4.89. The molecule has 5 nitrogen and oxygen atoms in total. The molecular weight excluding hydrogens is 234 g/mol. The van der Waals surface area contributed by atoms with Crippen molar-refractivity contribution in [2.75, 3.05) is 13.2 Å². The van der Waals surface area contributed by atoms with Crippen molar-refractivity contribution in [2.45, 2.75) is 45.6 Å². The molecule has 1 amide bonds. The molecule has 5 heteroatoms. The molecule has 0 bridgehead atoms. The van der Waals surface area contributed by atoms with E-state index in [-0.39, 0.29) is 23.8 Å². The van der Waals surface area contributed by atoms with Gasteiger partial charge in [0.15, 0.2) is 0 Å². The molecule has 0 saturated carbocycles. The van der Waals surface area contributed by atoms with E-state index in [2.05, 4.69) is 5.32 Å². The van der Waals surface area contributed by atoms with Crippen molar-refractivity contribution in [1.82, 2.24) is 5.32 Å². The summed E-state index contributed by atoms with van der Waals surface area (Å²) >= 11 is 0. The molecule has 18 heavy (non-hydrogen) atoms. The molecule has 3 atom stereocenters. The largest absolute Gasteiger partial charge is 0.481 e. The predicted molar refractivity (Wildman–Crippen MR) is 67.2 cm³/mol. The Bertz CT molecular complexity index is 293. The van der Waals surface area contributed by atoms with Gasteiger partial charge in [-0.05, 0) is 25.7 Å². The molecule has 0 aromatic carbocycles. The molecule has 3 unspecified atom stereocenters. The van der Waals surface area contributed by atoms with Gasteiger partial charge in [-0.15, -0.1) is 0 Å². The fourth-order valence-electron chi connectivity index (χ4n) is 2.23. The number of ether oxygens (including phenoxy) is 1. The number of carbonyl (C=O) groups is 2. The quantitative estimate of drug-likeness (QED) is 0.676. The van der Waals surface area contributed by atoms with E-state index in [4.69, 9.17) is 9.84 Å². The van der Waals surface area contributed by atoms with E-state index in [1.165, 1.54) is 0 Å². The van der Waals surface area contributed by atoms with Gasteiger partial charge in [0.25, 0.3) is 0 Å². The zero-order chi connectivity index (χ0) is 13.5. The maximum Gasteiger partial charge on any atom is 0.306 e. The molecule has 0 aromatic heterocycles. The van der Waals surface area contributed by atoms with Crippen LogP contribution in [-0.2, 0) is 14.3 Å². The summed E-state index contributed by atoms with van der Waals surface area (Å²) in [5, 5.41) is 11.6. The number of carboxylic acid groups (broad SMARTS) is 1. The summed E-state index contributed by atoms with van der Waals surface area (Å²) in [6.07, 6.45) is 2.98. The number of hydrogen-bond donors (Lipinski definition) is 2. The van der Waals surface area contributed by atoms with E-state index in [9.17, 15) is 9.59 Å². The van der Waals surface area contributed by atoms with E-state index >= 15 is 0 Å². The molecule has 1 rings (SSSR count). The van der Waals surface area contributed by atoms with Crippen molar-refractivity contribution < 1.29 is 19.4 Å². The third kappa shape index (κ3) is 4.29. The zero-order valence-electron chi connectivity index (χ0n) is 11.1. The van der Waals surface area contributed by atoms with Gasteiger partial charge < -0.3 is 15.2 Å². The minimum Gasteiger partial charge on any atom is -0.481 e. The Morgan fingerprint density at radius 3 is 2.83 bits per heavy atom. The van der Waals surface area contributed by atoms with Crippen molar-refractivity contribution in [3.8, 4) is 0 Å². The lowest BCUT2D eigenvalue weighted by atomic mass is 9.98. The second-order valence-electron chi connectivity index (χ2n) is 4.89. The molecule has 1 aliphatic heterocycles. The first-order valence-electron chi connectivity index (χ1n) is 6.68. The average molecular weight is 257 g/mol. The molecule has 2 N–H and O–H groups in total. The number of hydrogen-bond acceptors (Lipinski definition) is 3. The van der Waals surface area contributed by atoms with E-state index in [1.54, 1.807) is 6.92 Å². The van der Waals surface area contributed by atoms with Crippen LogP contribution < -0.4 is 5.32 Å². The van der Waals surface area contributed by atoms with Crippen molar-refractivity contribution in [1.29, 1.82) is 0 Å².